The van der Waals surface area contributed by atoms with Gasteiger partial charge in [-0.15, -0.1) is 0 Å². The van der Waals surface area contributed by atoms with E-state index in [-0.39, 0.29) is 17.8 Å². The molecule has 2 aliphatic rings. The molecule has 6 heteroatoms. The summed E-state index contributed by atoms with van der Waals surface area (Å²) in [6.45, 7) is 1.50. The molecule has 4 rings (SSSR count). The van der Waals surface area contributed by atoms with Gasteiger partial charge in [0, 0.05) is 24.8 Å². The summed E-state index contributed by atoms with van der Waals surface area (Å²) in [5, 5.41) is 4.51. The lowest BCUT2D eigenvalue weighted by molar-refractivity contribution is -0.0231. The molecule has 1 aliphatic heterocycles. The number of halogens is 1. The minimum absolute atomic E-state index is 0.0193. The number of carbonyl (C=O) groups is 1. The Morgan fingerprint density at radius 2 is 2.00 bits per heavy atom. The molecule has 0 bridgehead atoms. The fraction of sp³-hybridized carbons (Fsp3) is 0.474. The van der Waals surface area contributed by atoms with E-state index in [0.29, 0.717) is 25.4 Å². The molecular formula is C19H22FN3O2. The first-order chi connectivity index (χ1) is 12.1. The zero-order chi connectivity index (χ0) is 17.4. The van der Waals surface area contributed by atoms with Gasteiger partial charge in [0.1, 0.15) is 11.9 Å². The summed E-state index contributed by atoms with van der Waals surface area (Å²) in [6.07, 6.45) is 3.96. The Morgan fingerprint density at radius 1 is 1.24 bits per heavy atom. The predicted molar refractivity (Wildman–Crippen MR) is 90.8 cm³/mol. The van der Waals surface area contributed by atoms with E-state index in [1.807, 2.05) is 16.6 Å². The van der Waals surface area contributed by atoms with Crippen molar-refractivity contribution in [2.75, 3.05) is 19.7 Å². The average molecular weight is 343 g/mol. The lowest BCUT2D eigenvalue weighted by Crippen LogP contribution is -2.42. The molecule has 1 saturated heterocycles. The molecule has 0 radical (unpaired) electrons. The van der Waals surface area contributed by atoms with Crippen molar-refractivity contribution >= 4 is 5.91 Å². The van der Waals surface area contributed by atoms with Crippen LogP contribution >= 0.6 is 0 Å². The van der Waals surface area contributed by atoms with E-state index in [4.69, 9.17) is 4.74 Å². The number of hydrogen-bond donors (Lipinski definition) is 0. The topological polar surface area (TPSA) is 47.4 Å². The number of fused-ring (bicyclic) bond motifs is 1. The Bertz CT molecular complexity index is 785. The monoisotopic (exact) mass is 343 g/mol. The van der Waals surface area contributed by atoms with Crippen molar-refractivity contribution < 1.29 is 13.9 Å². The van der Waals surface area contributed by atoms with E-state index in [0.717, 1.165) is 36.8 Å². The molecule has 1 aliphatic carbocycles. The van der Waals surface area contributed by atoms with E-state index >= 15 is 0 Å². The standard InChI is InChI=1S/C19H22FN3O2/c1-22-16-5-3-2-4-15(16)18(21-22)19(24)23-10-11-25-17(12-23)13-6-8-14(20)9-7-13/h6-9,17H,2-5,10-12H2,1H3/t17-/m0/s1. The summed E-state index contributed by atoms with van der Waals surface area (Å²) < 4.78 is 20.8. The Labute approximate surface area is 146 Å². The highest BCUT2D eigenvalue weighted by Crippen LogP contribution is 2.27. The van der Waals surface area contributed by atoms with Crippen molar-refractivity contribution in [1.82, 2.24) is 14.7 Å². The van der Waals surface area contributed by atoms with E-state index in [9.17, 15) is 9.18 Å². The van der Waals surface area contributed by atoms with Gasteiger partial charge < -0.3 is 9.64 Å². The molecule has 1 aromatic carbocycles. The van der Waals surface area contributed by atoms with Gasteiger partial charge in [0.2, 0.25) is 0 Å². The number of rotatable bonds is 2. The third-order valence-electron chi connectivity index (χ3n) is 5.16. The Morgan fingerprint density at radius 3 is 2.80 bits per heavy atom. The van der Waals surface area contributed by atoms with Crippen molar-refractivity contribution in [3.05, 3.63) is 52.6 Å². The molecule has 0 spiro atoms. The summed E-state index contributed by atoms with van der Waals surface area (Å²) in [5.74, 6) is -0.290. The minimum Gasteiger partial charge on any atom is -0.370 e. The molecule has 1 atom stereocenters. The zero-order valence-electron chi connectivity index (χ0n) is 14.4. The summed E-state index contributed by atoms with van der Waals surface area (Å²) in [7, 11) is 1.92. The van der Waals surface area contributed by atoms with Gasteiger partial charge in [-0.3, -0.25) is 9.48 Å². The number of benzene rings is 1. The van der Waals surface area contributed by atoms with Crippen LogP contribution < -0.4 is 0 Å². The number of ether oxygens (including phenoxy) is 1. The van der Waals surface area contributed by atoms with E-state index in [1.54, 1.807) is 12.1 Å². The van der Waals surface area contributed by atoms with Gasteiger partial charge >= 0.3 is 0 Å². The van der Waals surface area contributed by atoms with Gasteiger partial charge in [-0.2, -0.15) is 5.10 Å². The van der Waals surface area contributed by atoms with Gasteiger partial charge in [0.15, 0.2) is 5.69 Å². The van der Waals surface area contributed by atoms with Gasteiger partial charge in [0.05, 0.1) is 13.2 Å². The first kappa shape index (κ1) is 16.3. The molecule has 25 heavy (non-hydrogen) atoms. The molecule has 0 unspecified atom stereocenters. The van der Waals surface area contributed by atoms with Crippen molar-refractivity contribution in [3.8, 4) is 0 Å². The highest BCUT2D eigenvalue weighted by Gasteiger charge is 2.31. The minimum atomic E-state index is -0.271. The van der Waals surface area contributed by atoms with Crippen LogP contribution in [0, 0.1) is 5.82 Å². The molecule has 1 aromatic heterocycles. The number of carbonyl (C=O) groups excluding carboxylic acids is 1. The first-order valence-corrected chi connectivity index (χ1v) is 8.84. The van der Waals surface area contributed by atoms with E-state index < -0.39 is 0 Å². The van der Waals surface area contributed by atoms with Crippen LogP contribution in [-0.2, 0) is 24.6 Å². The van der Waals surface area contributed by atoms with Gasteiger partial charge in [-0.25, -0.2) is 4.39 Å². The maximum Gasteiger partial charge on any atom is 0.274 e. The Kier molecular flexibility index (Phi) is 4.29. The summed E-state index contributed by atoms with van der Waals surface area (Å²) >= 11 is 0. The molecule has 0 N–H and O–H groups in total. The maximum atomic E-state index is 13.1. The first-order valence-electron chi connectivity index (χ1n) is 8.84. The molecule has 0 saturated carbocycles. The van der Waals surface area contributed by atoms with Crippen LogP contribution in [0.3, 0.4) is 0 Å². The van der Waals surface area contributed by atoms with Gasteiger partial charge in [-0.1, -0.05) is 12.1 Å². The summed E-state index contributed by atoms with van der Waals surface area (Å²) in [5.41, 5.74) is 3.79. The molecular weight excluding hydrogens is 321 g/mol. The third-order valence-corrected chi connectivity index (χ3v) is 5.16. The second-order valence-corrected chi connectivity index (χ2v) is 6.77. The predicted octanol–water partition coefficient (Wildman–Crippen LogP) is 2.65. The average Bonchev–Trinajstić information content (AvgIpc) is 2.99. The van der Waals surface area contributed by atoms with Crippen molar-refractivity contribution in [3.63, 3.8) is 0 Å². The normalized spacial score (nSPS) is 20.4. The fourth-order valence-corrected chi connectivity index (χ4v) is 3.81. The highest BCUT2D eigenvalue weighted by molar-refractivity contribution is 5.94. The maximum absolute atomic E-state index is 13.1. The molecule has 2 heterocycles. The van der Waals surface area contributed by atoms with Crippen molar-refractivity contribution in [2.45, 2.75) is 31.8 Å². The van der Waals surface area contributed by atoms with Crippen molar-refractivity contribution in [1.29, 1.82) is 0 Å². The third kappa shape index (κ3) is 3.06. The number of aryl methyl sites for hydroxylation is 1. The SMILES string of the molecule is Cn1nc(C(=O)N2CCO[C@H](c3ccc(F)cc3)C2)c2c1CCCC2. The van der Waals surface area contributed by atoms with Crippen LogP contribution in [0.5, 0.6) is 0 Å². The van der Waals surface area contributed by atoms with Crippen LogP contribution in [0.15, 0.2) is 24.3 Å². The van der Waals surface area contributed by atoms with E-state index in [2.05, 4.69) is 5.10 Å². The largest absolute Gasteiger partial charge is 0.370 e. The number of aromatic nitrogens is 2. The summed E-state index contributed by atoms with van der Waals surface area (Å²) in [4.78, 5) is 14.9. The number of amides is 1. The molecule has 2 aromatic rings. The number of nitrogens with zero attached hydrogens (tertiary/aromatic N) is 3. The zero-order valence-corrected chi connectivity index (χ0v) is 14.4. The van der Waals surface area contributed by atoms with Crippen LogP contribution in [0.2, 0.25) is 0 Å². The quantitative estimate of drug-likeness (QED) is 0.842. The van der Waals surface area contributed by atoms with Crippen LogP contribution in [0.1, 0.15) is 46.3 Å². The Balaban J connectivity index is 1.55. The molecule has 1 amide bonds. The smallest absolute Gasteiger partial charge is 0.274 e. The molecule has 5 nitrogen and oxygen atoms in total. The lowest BCUT2D eigenvalue weighted by Gasteiger charge is -2.33. The second kappa shape index (κ2) is 6.59. The number of hydrogen-bond acceptors (Lipinski definition) is 3. The highest BCUT2D eigenvalue weighted by atomic mass is 19.1. The van der Waals surface area contributed by atoms with Gasteiger partial charge in [-0.05, 0) is 43.4 Å². The summed E-state index contributed by atoms with van der Waals surface area (Å²) in [6, 6.07) is 6.29. The molecule has 1 fully saturated rings. The van der Waals surface area contributed by atoms with Crippen LogP contribution in [-0.4, -0.2) is 40.3 Å². The van der Waals surface area contributed by atoms with Crippen LogP contribution in [0.4, 0.5) is 4.39 Å². The lowest BCUT2D eigenvalue weighted by atomic mass is 9.95. The number of morpholine rings is 1. The second-order valence-electron chi connectivity index (χ2n) is 6.77. The van der Waals surface area contributed by atoms with Gasteiger partial charge in [0.25, 0.3) is 5.91 Å². The molecule has 132 valence electrons. The Hall–Kier alpha value is -2.21. The van der Waals surface area contributed by atoms with Crippen LogP contribution in [0.25, 0.3) is 0 Å². The van der Waals surface area contributed by atoms with Crippen molar-refractivity contribution in [2.24, 2.45) is 7.05 Å². The fourth-order valence-electron chi connectivity index (χ4n) is 3.81. The van der Waals surface area contributed by atoms with E-state index in [1.165, 1.54) is 17.8 Å².